The van der Waals surface area contributed by atoms with Crippen molar-refractivity contribution in [3.05, 3.63) is 92.0 Å². The third kappa shape index (κ3) is 3.24. The molecule has 3 rings (SSSR count). The molecule has 0 amide bonds. The van der Waals surface area contributed by atoms with Crippen molar-refractivity contribution in [2.45, 2.75) is 24.1 Å². The first-order chi connectivity index (χ1) is 12.0. The van der Waals surface area contributed by atoms with Gasteiger partial charge in [-0.2, -0.15) is 5.26 Å². The fourth-order valence-electron chi connectivity index (χ4n) is 3.17. The lowest BCUT2D eigenvalue weighted by Crippen LogP contribution is -2.37. The number of nitro groups is 1. The van der Waals surface area contributed by atoms with Gasteiger partial charge in [-0.05, 0) is 18.1 Å². The Balaban J connectivity index is 2.17. The molecule has 0 saturated heterocycles. The number of benzene rings is 2. The van der Waals surface area contributed by atoms with Gasteiger partial charge in [-0.1, -0.05) is 71.9 Å². The van der Waals surface area contributed by atoms with Crippen LogP contribution in [0.25, 0.3) is 0 Å². The van der Waals surface area contributed by atoms with Crippen LogP contribution in [0, 0.1) is 28.4 Å². The molecule has 0 aromatic heterocycles. The lowest BCUT2D eigenvalue weighted by Gasteiger charge is -2.32. The number of nitrogens with two attached hydrogens (primary N) is 1. The topological polar surface area (TPSA) is 93.0 Å². The largest absolute Gasteiger partial charge is 0.393 e. The van der Waals surface area contributed by atoms with E-state index < -0.39 is 17.2 Å². The van der Waals surface area contributed by atoms with Gasteiger partial charge in [-0.15, -0.1) is 0 Å². The highest BCUT2D eigenvalue weighted by Gasteiger charge is 2.48. The van der Waals surface area contributed by atoms with E-state index >= 15 is 0 Å². The van der Waals surface area contributed by atoms with Gasteiger partial charge in [0, 0.05) is 4.92 Å². The third-order valence-corrected chi connectivity index (χ3v) is 5.69. The Labute approximate surface area is 150 Å². The molecule has 5 nitrogen and oxygen atoms in total. The highest BCUT2D eigenvalue weighted by molar-refractivity contribution is 8.03. The van der Waals surface area contributed by atoms with E-state index in [4.69, 9.17) is 5.73 Å². The van der Waals surface area contributed by atoms with Crippen molar-refractivity contribution in [1.29, 1.82) is 5.26 Å². The van der Waals surface area contributed by atoms with E-state index in [-0.39, 0.29) is 10.5 Å². The molecule has 3 atom stereocenters. The maximum atomic E-state index is 12.0. The second-order valence-corrected chi connectivity index (χ2v) is 7.19. The number of nitrogens with zero attached hydrogens (tertiary/aromatic N) is 2. The average molecular weight is 351 g/mol. The highest BCUT2D eigenvalue weighted by Crippen LogP contribution is 2.50. The Bertz CT molecular complexity index is 856. The van der Waals surface area contributed by atoms with Crippen LogP contribution in [-0.4, -0.2) is 11.0 Å². The predicted octanol–water partition coefficient (Wildman–Crippen LogP) is 3.91. The van der Waals surface area contributed by atoms with Crippen molar-refractivity contribution in [1.82, 2.24) is 0 Å². The van der Waals surface area contributed by atoms with Crippen molar-refractivity contribution in [3.8, 4) is 6.07 Å². The molecule has 0 unspecified atom stereocenters. The summed E-state index contributed by atoms with van der Waals surface area (Å²) in [5.74, 6) is -0.660. The minimum absolute atomic E-state index is 0.279. The first-order valence-electron chi connectivity index (χ1n) is 7.84. The van der Waals surface area contributed by atoms with E-state index in [1.165, 1.54) is 11.8 Å². The number of hydrogen-bond donors (Lipinski definition) is 1. The molecule has 0 radical (unpaired) electrons. The fraction of sp³-hybridized carbons (Fsp3) is 0.211. The molecule has 0 spiro atoms. The predicted molar refractivity (Wildman–Crippen MR) is 98.3 cm³/mol. The van der Waals surface area contributed by atoms with Gasteiger partial charge in [0.25, 0.3) is 0 Å². The van der Waals surface area contributed by atoms with Crippen LogP contribution >= 0.6 is 11.8 Å². The molecule has 0 bridgehead atoms. The minimum Gasteiger partial charge on any atom is -0.393 e. The summed E-state index contributed by atoms with van der Waals surface area (Å²) in [5.41, 5.74) is 9.05. The lowest BCUT2D eigenvalue weighted by molar-refractivity contribution is -0.525. The summed E-state index contributed by atoms with van der Waals surface area (Å²) < 4.78 is 0. The van der Waals surface area contributed by atoms with E-state index in [1.54, 1.807) is 0 Å². The van der Waals surface area contributed by atoms with E-state index in [9.17, 15) is 15.4 Å². The van der Waals surface area contributed by atoms with E-state index in [0.717, 1.165) is 16.7 Å². The maximum Gasteiger partial charge on any atom is 0.240 e. The van der Waals surface area contributed by atoms with Crippen molar-refractivity contribution in [2.24, 2.45) is 5.73 Å². The van der Waals surface area contributed by atoms with Crippen molar-refractivity contribution in [2.75, 3.05) is 0 Å². The first kappa shape index (κ1) is 17.1. The van der Waals surface area contributed by atoms with E-state index in [0.29, 0.717) is 5.03 Å². The maximum absolute atomic E-state index is 12.0. The summed E-state index contributed by atoms with van der Waals surface area (Å²) in [7, 11) is 0. The molecular formula is C19H17N3O2S. The Morgan fingerprint density at radius 1 is 1.12 bits per heavy atom. The molecule has 2 aromatic rings. The van der Waals surface area contributed by atoms with Gasteiger partial charge >= 0.3 is 0 Å². The minimum atomic E-state index is -0.961. The summed E-state index contributed by atoms with van der Waals surface area (Å²) in [5, 5.41) is 21.5. The lowest BCUT2D eigenvalue weighted by atomic mass is 9.82. The SMILES string of the molecule is Cc1ccc([C@H]2C(C#N)=C(N)S[C@@H](c3ccccc3)[C@@H]2[N+](=O)[O-])cc1. The molecule has 25 heavy (non-hydrogen) atoms. The van der Waals surface area contributed by atoms with Crippen LogP contribution in [0.15, 0.2) is 65.2 Å². The zero-order valence-corrected chi connectivity index (χ0v) is 14.4. The number of rotatable bonds is 3. The number of nitriles is 1. The van der Waals surface area contributed by atoms with Gasteiger partial charge in [0.2, 0.25) is 6.04 Å². The van der Waals surface area contributed by atoms with Gasteiger partial charge in [-0.3, -0.25) is 10.1 Å². The smallest absolute Gasteiger partial charge is 0.240 e. The molecule has 6 heteroatoms. The molecule has 0 aliphatic carbocycles. The Morgan fingerprint density at radius 3 is 2.32 bits per heavy atom. The second kappa shape index (κ2) is 6.99. The van der Waals surface area contributed by atoms with Crippen LogP contribution in [0.3, 0.4) is 0 Å². The molecular weight excluding hydrogens is 334 g/mol. The van der Waals surface area contributed by atoms with Crippen molar-refractivity contribution in [3.63, 3.8) is 0 Å². The summed E-state index contributed by atoms with van der Waals surface area (Å²) in [6, 6.07) is 17.9. The van der Waals surface area contributed by atoms with Crippen molar-refractivity contribution < 1.29 is 4.92 Å². The number of aryl methyl sites for hydroxylation is 1. The summed E-state index contributed by atoms with van der Waals surface area (Å²) >= 11 is 1.20. The summed E-state index contributed by atoms with van der Waals surface area (Å²) in [6.07, 6.45) is 0. The summed E-state index contributed by atoms with van der Waals surface area (Å²) in [4.78, 5) is 11.7. The van der Waals surface area contributed by atoms with Gasteiger partial charge in [0.15, 0.2) is 0 Å². The van der Waals surface area contributed by atoms with Crippen LogP contribution < -0.4 is 5.73 Å². The number of hydrogen-bond acceptors (Lipinski definition) is 5. The Hall–Kier alpha value is -2.78. The number of thioether (sulfide) groups is 1. The van der Waals surface area contributed by atoms with Crippen LogP contribution in [0.5, 0.6) is 0 Å². The molecule has 0 saturated carbocycles. The molecule has 1 aliphatic rings. The van der Waals surface area contributed by atoms with Gasteiger partial charge in [-0.25, -0.2) is 0 Å². The normalized spacial score (nSPS) is 23.1. The van der Waals surface area contributed by atoms with Crippen LogP contribution in [0.2, 0.25) is 0 Å². The Kier molecular flexibility index (Phi) is 4.77. The quantitative estimate of drug-likeness (QED) is 0.668. The fourth-order valence-corrected chi connectivity index (χ4v) is 4.43. The molecule has 2 aromatic carbocycles. The molecule has 2 N–H and O–H groups in total. The van der Waals surface area contributed by atoms with Gasteiger partial charge in [0.1, 0.15) is 5.25 Å². The van der Waals surface area contributed by atoms with E-state index in [1.807, 2.05) is 61.5 Å². The second-order valence-electron chi connectivity index (χ2n) is 6.00. The molecule has 126 valence electrons. The monoisotopic (exact) mass is 351 g/mol. The molecule has 1 aliphatic heterocycles. The van der Waals surface area contributed by atoms with Crippen molar-refractivity contribution >= 4 is 11.8 Å². The standard InChI is InChI=1S/C19H17N3O2S/c1-12-7-9-13(10-8-12)16-15(11-20)19(21)25-18(17(16)22(23)24)14-5-3-2-4-6-14/h2-10,16-18H,21H2,1H3/t16-,17+,18-/m0/s1. The highest BCUT2D eigenvalue weighted by atomic mass is 32.2. The van der Waals surface area contributed by atoms with Crippen LogP contribution in [0.4, 0.5) is 0 Å². The van der Waals surface area contributed by atoms with Crippen LogP contribution in [-0.2, 0) is 0 Å². The molecule has 0 fully saturated rings. The van der Waals surface area contributed by atoms with Gasteiger partial charge in [0.05, 0.1) is 22.6 Å². The first-order valence-corrected chi connectivity index (χ1v) is 8.72. The zero-order chi connectivity index (χ0) is 18.0. The van der Waals surface area contributed by atoms with Gasteiger partial charge < -0.3 is 5.73 Å². The third-order valence-electron chi connectivity index (χ3n) is 4.41. The summed E-state index contributed by atoms with van der Waals surface area (Å²) in [6.45, 7) is 1.95. The average Bonchev–Trinajstić information content (AvgIpc) is 2.62. The molecule has 1 heterocycles. The van der Waals surface area contributed by atoms with E-state index in [2.05, 4.69) is 6.07 Å². The zero-order valence-electron chi connectivity index (χ0n) is 13.6. The Morgan fingerprint density at radius 2 is 1.76 bits per heavy atom. The van der Waals surface area contributed by atoms with Crippen LogP contribution in [0.1, 0.15) is 27.9 Å².